The summed E-state index contributed by atoms with van der Waals surface area (Å²) in [6, 6.07) is 1.96. The summed E-state index contributed by atoms with van der Waals surface area (Å²) in [6.07, 6.45) is 4.56. The van der Waals surface area contributed by atoms with Crippen molar-refractivity contribution in [1.29, 1.82) is 0 Å². The summed E-state index contributed by atoms with van der Waals surface area (Å²) in [5.74, 6) is -0.0309. The quantitative estimate of drug-likeness (QED) is 0.792. The van der Waals surface area contributed by atoms with Gasteiger partial charge in [-0.3, -0.25) is 4.79 Å². The lowest BCUT2D eigenvalue weighted by molar-refractivity contribution is 0.447. The lowest BCUT2D eigenvalue weighted by Crippen LogP contribution is -2.20. The van der Waals surface area contributed by atoms with E-state index >= 15 is 0 Å². The zero-order valence-electron chi connectivity index (χ0n) is 9.57. The molecule has 2 heterocycles. The third-order valence-corrected chi connectivity index (χ3v) is 3.33. The Hall–Kier alpha value is -1.51. The average molecular weight is 219 g/mol. The van der Waals surface area contributed by atoms with Crippen LogP contribution < -0.4 is 5.56 Å². The van der Waals surface area contributed by atoms with Crippen LogP contribution in [0.15, 0.2) is 23.5 Å². The van der Waals surface area contributed by atoms with Crippen LogP contribution in [0.25, 0.3) is 0 Å². The molecule has 0 saturated heterocycles. The largest absolute Gasteiger partial charge is 0.503 e. The van der Waals surface area contributed by atoms with Crippen LogP contribution in [0.3, 0.4) is 0 Å². The third kappa shape index (κ3) is 1.56. The average Bonchev–Trinajstić information content (AvgIpc) is 2.75. The molecule has 1 atom stereocenters. The molecule has 2 rings (SSSR count). The smallest absolute Gasteiger partial charge is 0.293 e. The molecule has 1 aromatic rings. The molecule has 0 saturated carbocycles. The van der Waals surface area contributed by atoms with E-state index in [9.17, 15) is 9.90 Å². The highest BCUT2D eigenvalue weighted by molar-refractivity contribution is 5.38. The molecule has 0 radical (unpaired) electrons. The standard InChI is InChI=1S/C13H17NO2/c1-3-9(4-2)11-8-10-6-5-7-14(10)13(16)12(11)15/h3,8-9,15H,1,4-7H2,2H3/t9-/m1/s1. The van der Waals surface area contributed by atoms with E-state index in [1.807, 2.05) is 13.0 Å². The number of allylic oxidation sites excluding steroid dienone is 1. The molecule has 0 aromatic carbocycles. The van der Waals surface area contributed by atoms with E-state index in [1.54, 1.807) is 10.6 Å². The lowest BCUT2D eigenvalue weighted by atomic mass is 9.96. The summed E-state index contributed by atoms with van der Waals surface area (Å²) in [5.41, 5.74) is 1.53. The second kappa shape index (κ2) is 4.16. The molecule has 0 aliphatic carbocycles. The van der Waals surface area contributed by atoms with Gasteiger partial charge in [0.25, 0.3) is 5.56 Å². The summed E-state index contributed by atoms with van der Waals surface area (Å²) in [5, 5.41) is 9.91. The summed E-state index contributed by atoms with van der Waals surface area (Å²) in [7, 11) is 0. The van der Waals surface area contributed by atoms with E-state index in [4.69, 9.17) is 0 Å². The van der Waals surface area contributed by atoms with Crippen LogP contribution in [-0.2, 0) is 13.0 Å². The monoisotopic (exact) mass is 219 g/mol. The molecule has 3 nitrogen and oxygen atoms in total. The minimum Gasteiger partial charge on any atom is -0.503 e. The molecular weight excluding hydrogens is 202 g/mol. The Balaban J connectivity index is 2.60. The van der Waals surface area contributed by atoms with Crippen LogP contribution in [0.5, 0.6) is 5.75 Å². The summed E-state index contributed by atoms with van der Waals surface area (Å²) < 4.78 is 1.68. The van der Waals surface area contributed by atoms with E-state index in [0.717, 1.165) is 37.1 Å². The number of rotatable bonds is 3. The Morgan fingerprint density at radius 2 is 2.44 bits per heavy atom. The Kier molecular flexibility index (Phi) is 2.86. The Bertz CT molecular complexity index is 474. The fraction of sp³-hybridized carbons (Fsp3) is 0.462. The molecule has 16 heavy (non-hydrogen) atoms. The fourth-order valence-corrected chi connectivity index (χ4v) is 2.37. The molecule has 0 bridgehead atoms. The Labute approximate surface area is 95.0 Å². The number of aromatic hydroxyl groups is 1. The molecule has 0 fully saturated rings. The molecule has 0 spiro atoms. The first-order chi connectivity index (χ1) is 7.69. The molecule has 1 aliphatic rings. The van der Waals surface area contributed by atoms with Crippen molar-refractivity contribution in [1.82, 2.24) is 4.57 Å². The number of aryl methyl sites for hydroxylation is 1. The molecule has 86 valence electrons. The summed E-state index contributed by atoms with van der Waals surface area (Å²) in [6.45, 7) is 6.51. The number of pyridine rings is 1. The van der Waals surface area contributed by atoms with Gasteiger partial charge < -0.3 is 9.67 Å². The van der Waals surface area contributed by atoms with Crippen LogP contribution in [-0.4, -0.2) is 9.67 Å². The first kappa shape index (κ1) is 11.0. The van der Waals surface area contributed by atoms with Crippen LogP contribution in [0, 0.1) is 0 Å². The van der Waals surface area contributed by atoms with Crippen molar-refractivity contribution in [2.24, 2.45) is 0 Å². The highest BCUT2D eigenvalue weighted by Crippen LogP contribution is 2.29. The maximum atomic E-state index is 11.9. The van der Waals surface area contributed by atoms with Crippen molar-refractivity contribution < 1.29 is 5.11 Å². The van der Waals surface area contributed by atoms with E-state index < -0.39 is 0 Å². The number of fused-ring (bicyclic) bond motifs is 1. The Morgan fingerprint density at radius 1 is 1.69 bits per heavy atom. The fourth-order valence-electron chi connectivity index (χ4n) is 2.37. The van der Waals surface area contributed by atoms with Gasteiger partial charge in [-0.15, -0.1) is 6.58 Å². The van der Waals surface area contributed by atoms with E-state index in [1.165, 1.54) is 0 Å². The van der Waals surface area contributed by atoms with Crippen molar-refractivity contribution >= 4 is 0 Å². The number of hydrogen-bond acceptors (Lipinski definition) is 2. The first-order valence-corrected chi connectivity index (χ1v) is 5.77. The van der Waals surface area contributed by atoms with Gasteiger partial charge >= 0.3 is 0 Å². The van der Waals surface area contributed by atoms with E-state index in [0.29, 0.717) is 0 Å². The van der Waals surface area contributed by atoms with Crippen LogP contribution in [0.4, 0.5) is 0 Å². The normalized spacial score (nSPS) is 15.8. The second-order valence-electron chi connectivity index (χ2n) is 4.25. The second-order valence-corrected chi connectivity index (χ2v) is 4.25. The van der Waals surface area contributed by atoms with Crippen molar-refractivity contribution in [3.8, 4) is 5.75 Å². The Morgan fingerprint density at radius 3 is 3.06 bits per heavy atom. The molecule has 1 aliphatic heterocycles. The first-order valence-electron chi connectivity index (χ1n) is 5.77. The van der Waals surface area contributed by atoms with Crippen molar-refractivity contribution in [3.63, 3.8) is 0 Å². The number of nitrogens with zero attached hydrogens (tertiary/aromatic N) is 1. The van der Waals surface area contributed by atoms with E-state index in [2.05, 4.69) is 6.58 Å². The van der Waals surface area contributed by atoms with Gasteiger partial charge in [0.2, 0.25) is 0 Å². The molecule has 1 aromatic heterocycles. The molecule has 0 unspecified atom stereocenters. The van der Waals surface area contributed by atoms with Gasteiger partial charge in [-0.1, -0.05) is 13.0 Å². The molecule has 1 N–H and O–H groups in total. The van der Waals surface area contributed by atoms with Gasteiger partial charge in [0.15, 0.2) is 5.75 Å². The molecule has 3 heteroatoms. The predicted octanol–water partition coefficient (Wildman–Crippen LogP) is 2.18. The zero-order valence-corrected chi connectivity index (χ0v) is 9.57. The highest BCUT2D eigenvalue weighted by atomic mass is 16.3. The summed E-state index contributed by atoms with van der Waals surface area (Å²) in [4.78, 5) is 11.9. The van der Waals surface area contributed by atoms with Crippen molar-refractivity contribution in [2.75, 3.05) is 0 Å². The van der Waals surface area contributed by atoms with Gasteiger partial charge in [0.1, 0.15) is 0 Å². The van der Waals surface area contributed by atoms with E-state index in [-0.39, 0.29) is 17.2 Å². The van der Waals surface area contributed by atoms with Gasteiger partial charge in [0.05, 0.1) is 0 Å². The minimum absolute atomic E-state index is 0.0687. The SMILES string of the molecule is C=C[C@H](CC)c1cc2n(c(=O)c1O)CCC2. The van der Waals surface area contributed by atoms with Crippen molar-refractivity contribution in [2.45, 2.75) is 38.6 Å². The van der Waals surface area contributed by atoms with Gasteiger partial charge in [0, 0.05) is 23.7 Å². The number of aromatic nitrogens is 1. The highest BCUT2D eigenvalue weighted by Gasteiger charge is 2.20. The topological polar surface area (TPSA) is 42.2 Å². The molecular formula is C13H17NO2. The van der Waals surface area contributed by atoms with Crippen LogP contribution >= 0.6 is 0 Å². The van der Waals surface area contributed by atoms with Crippen LogP contribution in [0.2, 0.25) is 0 Å². The number of hydrogen-bond donors (Lipinski definition) is 1. The maximum absolute atomic E-state index is 11.9. The van der Waals surface area contributed by atoms with Crippen LogP contribution in [0.1, 0.15) is 36.9 Å². The summed E-state index contributed by atoms with van der Waals surface area (Å²) >= 11 is 0. The molecule has 0 amide bonds. The van der Waals surface area contributed by atoms with Gasteiger partial charge in [-0.25, -0.2) is 0 Å². The minimum atomic E-state index is -0.245. The van der Waals surface area contributed by atoms with Gasteiger partial charge in [-0.05, 0) is 25.3 Å². The predicted molar refractivity (Wildman–Crippen MR) is 63.9 cm³/mol. The third-order valence-electron chi connectivity index (χ3n) is 3.33. The zero-order chi connectivity index (χ0) is 11.7. The maximum Gasteiger partial charge on any atom is 0.293 e. The van der Waals surface area contributed by atoms with Crippen molar-refractivity contribution in [3.05, 3.63) is 40.3 Å². The van der Waals surface area contributed by atoms with Gasteiger partial charge in [-0.2, -0.15) is 0 Å². The lowest BCUT2D eigenvalue weighted by Gasteiger charge is -2.14.